The Morgan fingerprint density at radius 3 is 2.18 bits per heavy atom. The van der Waals surface area contributed by atoms with Crippen molar-refractivity contribution in [1.82, 2.24) is 5.32 Å². The number of hydrogen-bond acceptors (Lipinski definition) is 2. The summed E-state index contributed by atoms with van der Waals surface area (Å²) >= 11 is 0. The first-order valence-electron chi connectivity index (χ1n) is 13.8. The Bertz CT molecular complexity index is 498. The van der Waals surface area contributed by atoms with E-state index in [1.807, 2.05) is 0 Å². The van der Waals surface area contributed by atoms with Crippen molar-refractivity contribution in [3.63, 3.8) is 0 Å². The number of carbonyl (C=O) groups excluding carboxylic acids is 1. The van der Waals surface area contributed by atoms with Crippen molar-refractivity contribution in [2.24, 2.45) is 0 Å². The molecule has 0 saturated heterocycles. The predicted octanol–water partition coefficient (Wildman–Crippen LogP) is 5.28. The lowest BCUT2D eigenvalue weighted by Gasteiger charge is -2.31. The minimum atomic E-state index is -0.165. The Morgan fingerprint density at radius 2 is 1.48 bits per heavy atom. The van der Waals surface area contributed by atoms with Crippen LogP contribution in [0.5, 0.6) is 0 Å². The summed E-state index contributed by atoms with van der Waals surface area (Å²) in [6.45, 7) is 6.32. The lowest BCUT2D eigenvalue weighted by atomic mass is 10.1. The van der Waals surface area contributed by atoms with E-state index in [2.05, 4.69) is 59.6 Å². The summed E-state index contributed by atoms with van der Waals surface area (Å²) in [5.41, 5.74) is 0. The van der Waals surface area contributed by atoms with Crippen molar-refractivity contribution in [3.8, 4) is 0 Å². The van der Waals surface area contributed by atoms with E-state index in [9.17, 15) is 9.90 Å². The number of quaternary nitrogens is 2. The monoisotopic (exact) mass is 469 g/mol. The molecule has 5 nitrogen and oxygen atoms in total. The van der Waals surface area contributed by atoms with Gasteiger partial charge in [0, 0.05) is 12.8 Å². The Hall–Kier alpha value is -0.910. The first-order chi connectivity index (χ1) is 15.6. The minimum Gasteiger partial charge on any atom is -0.393 e. The van der Waals surface area contributed by atoms with E-state index < -0.39 is 0 Å². The van der Waals surface area contributed by atoms with E-state index in [0.717, 1.165) is 67.1 Å². The molecule has 5 heteroatoms. The van der Waals surface area contributed by atoms with Crippen LogP contribution in [0, 0.1) is 0 Å². The molecule has 33 heavy (non-hydrogen) atoms. The number of hydrogen-bond donors (Lipinski definition) is 2. The van der Waals surface area contributed by atoms with Crippen molar-refractivity contribution >= 4 is 5.91 Å². The van der Waals surface area contributed by atoms with Gasteiger partial charge in [-0.05, 0) is 32.1 Å². The molecule has 0 aliphatic carbocycles. The number of rotatable bonds is 22. The van der Waals surface area contributed by atoms with Gasteiger partial charge in [0.2, 0.25) is 5.91 Å². The van der Waals surface area contributed by atoms with E-state index in [-0.39, 0.29) is 12.0 Å². The number of amides is 1. The number of aliphatic hydroxyl groups is 1. The van der Waals surface area contributed by atoms with E-state index >= 15 is 0 Å². The van der Waals surface area contributed by atoms with Crippen LogP contribution >= 0.6 is 0 Å². The zero-order valence-corrected chi connectivity index (χ0v) is 23.2. The van der Waals surface area contributed by atoms with Crippen LogP contribution in [0.2, 0.25) is 0 Å². The molecular formula is C28H59N3O2+2. The van der Waals surface area contributed by atoms with Crippen LogP contribution in [0.3, 0.4) is 0 Å². The largest absolute Gasteiger partial charge is 0.393 e. The molecule has 0 aliphatic rings. The Morgan fingerprint density at radius 1 is 0.818 bits per heavy atom. The van der Waals surface area contributed by atoms with Gasteiger partial charge >= 0.3 is 0 Å². The number of carbonyl (C=O) groups is 1. The van der Waals surface area contributed by atoms with Crippen LogP contribution in [-0.2, 0) is 4.79 Å². The summed E-state index contributed by atoms with van der Waals surface area (Å²) in [6.07, 6.45) is 19.6. The highest BCUT2D eigenvalue weighted by Crippen LogP contribution is 2.10. The number of nitrogens with zero attached hydrogens (tertiary/aromatic N) is 2. The standard InChI is InChI=1S/C28H58N3O2/c1-7-8-9-16-20-27(32)21-17-14-12-10-11-13-15-18-22-28(33)29-23-26-31(5,6)25-19-24-30(2,3)4/h14,17,27,32H,7-13,15-16,18-26H2,1-6H3/q+1/p+1/b17-14+/t27-/m1/s1. The number of unbranched alkanes of at least 4 members (excludes halogenated alkanes) is 8. The molecule has 0 rings (SSSR count). The molecule has 1 atom stereocenters. The highest BCUT2D eigenvalue weighted by Gasteiger charge is 2.17. The molecule has 0 spiro atoms. The highest BCUT2D eigenvalue weighted by atomic mass is 16.3. The Labute approximate surface area is 206 Å². The van der Waals surface area contributed by atoms with Crippen LogP contribution in [-0.4, -0.2) is 87.5 Å². The van der Waals surface area contributed by atoms with Crippen molar-refractivity contribution in [3.05, 3.63) is 12.2 Å². The molecule has 2 N–H and O–H groups in total. The summed E-state index contributed by atoms with van der Waals surface area (Å²) in [4.78, 5) is 12.1. The van der Waals surface area contributed by atoms with Gasteiger partial charge < -0.3 is 19.4 Å². The van der Waals surface area contributed by atoms with Gasteiger partial charge in [0.1, 0.15) is 0 Å². The van der Waals surface area contributed by atoms with E-state index in [1.54, 1.807) is 0 Å². The maximum atomic E-state index is 12.1. The molecule has 0 aromatic heterocycles. The molecule has 1 amide bonds. The smallest absolute Gasteiger partial charge is 0.220 e. The molecule has 196 valence electrons. The fraction of sp³-hybridized carbons (Fsp3) is 0.893. The fourth-order valence-electron chi connectivity index (χ4n) is 4.05. The van der Waals surface area contributed by atoms with Crippen molar-refractivity contribution < 1.29 is 18.9 Å². The van der Waals surface area contributed by atoms with E-state index in [1.165, 1.54) is 51.5 Å². The van der Waals surface area contributed by atoms with Crippen molar-refractivity contribution in [1.29, 1.82) is 0 Å². The van der Waals surface area contributed by atoms with Gasteiger partial charge in [0.15, 0.2) is 0 Å². The summed E-state index contributed by atoms with van der Waals surface area (Å²) in [6, 6.07) is 0. The van der Waals surface area contributed by atoms with Crippen molar-refractivity contribution in [2.45, 2.75) is 103 Å². The van der Waals surface area contributed by atoms with Crippen LogP contribution in [0.15, 0.2) is 12.2 Å². The van der Waals surface area contributed by atoms with E-state index in [4.69, 9.17) is 0 Å². The molecule has 0 heterocycles. The van der Waals surface area contributed by atoms with Gasteiger partial charge in [-0.1, -0.05) is 64.0 Å². The molecule has 0 bridgehead atoms. The third-order valence-corrected chi connectivity index (χ3v) is 6.37. The molecule has 0 fully saturated rings. The third-order valence-electron chi connectivity index (χ3n) is 6.37. The lowest BCUT2D eigenvalue weighted by molar-refractivity contribution is -0.901. The first-order valence-corrected chi connectivity index (χ1v) is 13.8. The average Bonchev–Trinajstić information content (AvgIpc) is 2.71. The normalized spacial score (nSPS) is 13.5. The van der Waals surface area contributed by atoms with Gasteiger partial charge in [-0.3, -0.25) is 4.79 Å². The number of nitrogens with one attached hydrogen (secondary N) is 1. The lowest BCUT2D eigenvalue weighted by Crippen LogP contribution is -2.47. The average molecular weight is 470 g/mol. The molecule has 0 aromatic carbocycles. The number of likely N-dealkylation sites (N-methyl/N-ethyl adjacent to an activating group) is 1. The molecule has 0 aromatic rings. The van der Waals surface area contributed by atoms with Crippen LogP contribution in [0.25, 0.3) is 0 Å². The first kappa shape index (κ1) is 32.1. The Balaban J connectivity index is 3.56. The van der Waals surface area contributed by atoms with Gasteiger partial charge in [-0.15, -0.1) is 0 Å². The number of allylic oxidation sites excluding steroid dienone is 1. The van der Waals surface area contributed by atoms with Gasteiger partial charge in [-0.2, -0.15) is 0 Å². The Kier molecular flexibility index (Phi) is 18.9. The SMILES string of the molecule is CCCCCC[C@@H](O)C/C=C/CCCCCCCC(=O)NCC[N+](C)(C)CCC[N+](C)(C)C. The minimum absolute atomic E-state index is 0.165. The second kappa shape index (κ2) is 19.4. The predicted molar refractivity (Wildman–Crippen MR) is 143 cm³/mol. The van der Waals surface area contributed by atoms with E-state index in [0.29, 0.717) is 6.42 Å². The third kappa shape index (κ3) is 24.0. The molecule has 0 saturated carbocycles. The van der Waals surface area contributed by atoms with Gasteiger partial charge in [0.05, 0.1) is 67.5 Å². The summed E-state index contributed by atoms with van der Waals surface area (Å²) in [5.74, 6) is 0.206. The molecule has 0 aliphatic heterocycles. The van der Waals surface area contributed by atoms with Gasteiger partial charge in [0.25, 0.3) is 0 Å². The molecule has 0 radical (unpaired) electrons. The highest BCUT2D eigenvalue weighted by molar-refractivity contribution is 5.75. The zero-order valence-electron chi connectivity index (χ0n) is 23.2. The second-order valence-electron chi connectivity index (χ2n) is 11.6. The summed E-state index contributed by atoms with van der Waals surface area (Å²) < 4.78 is 1.98. The number of aliphatic hydroxyl groups excluding tert-OH is 1. The zero-order chi connectivity index (χ0) is 25.0. The topological polar surface area (TPSA) is 49.3 Å². The second-order valence-corrected chi connectivity index (χ2v) is 11.6. The quantitative estimate of drug-likeness (QED) is 0.129. The van der Waals surface area contributed by atoms with Crippen LogP contribution in [0.4, 0.5) is 0 Å². The fourth-order valence-corrected chi connectivity index (χ4v) is 4.05. The maximum Gasteiger partial charge on any atom is 0.220 e. The van der Waals surface area contributed by atoms with Crippen molar-refractivity contribution in [2.75, 3.05) is 61.4 Å². The van der Waals surface area contributed by atoms with Crippen LogP contribution < -0.4 is 5.32 Å². The van der Waals surface area contributed by atoms with Gasteiger partial charge in [-0.25, -0.2) is 0 Å². The maximum absolute atomic E-state index is 12.1. The molecule has 0 unspecified atom stereocenters. The summed E-state index contributed by atoms with van der Waals surface area (Å²) in [5, 5.41) is 13.1. The molecular weight excluding hydrogens is 410 g/mol. The van der Waals surface area contributed by atoms with Crippen LogP contribution in [0.1, 0.15) is 96.8 Å². The summed E-state index contributed by atoms with van der Waals surface area (Å²) in [7, 11) is 11.2.